The summed E-state index contributed by atoms with van der Waals surface area (Å²) in [6.07, 6.45) is 0. The van der Waals surface area contributed by atoms with Gasteiger partial charge in [0, 0.05) is 5.56 Å². The molecule has 1 amide bonds. The van der Waals surface area contributed by atoms with Crippen molar-refractivity contribution >= 4 is 23.0 Å². The normalized spacial score (nSPS) is 20.9. The van der Waals surface area contributed by atoms with E-state index in [4.69, 9.17) is 4.74 Å². The first-order valence-electron chi connectivity index (χ1n) is 6.60. The van der Waals surface area contributed by atoms with Crippen LogP contribution in [0.25, 0.3) is 0 Å². The minimum atomic E-state index is -1.31. The van der Waals surface area contributed by atoms with Gasteiger partial charge >= 0.3 is 0 Å². The lowest BCUT2D eigenvalue weighted by Crippen LogP contribution is -2.31. The predicted molar refractivity (Wildman–Crippen MR) is 81.3 cm³/mol. The van der Waals surface area contributed by atoms with E-state index >= 15 is 0 Å². The molecule has 1 aromatic heterocycles. The van der Waals surface area contributed by atoms with Gasteiger partial charge in [0.1, 0.15) is 0 Å². The highest BCUT2D eigenvalue weighted by molar-refractivity contribution is 7.10. The molecule has 0 saturated carbocycles. The van der Waals surface area contributed by atoms with Crippen LogP contribution in [0.3, 0.4) is 0 Å². The van der Waals surface area contributed by atoms with Crippen molar-refractivity contribution in [1.29, 1.82) is 0 Å². The second-order valence-corrected chi connectivity index (χ2v) is 5.89. The molecule has 1 aliphatic heterocycles. The first-order valence-corrected chi connectivity index (χ1v) is 7.48. The summed E-state index contributed by atoms with van der Waals surface area (Å²) in [7, 11) is 0. The van der Waals surface area contributed by atoms with Crippen LogP contribution in [0, 0.1) is 0 Å². The zero-order valence-corrected chi connectivity index (χ0v) is 12.5. The van der Waals surface area contributed by atoms with Crippen molar-refractivity contribution in [3.8, 4) is 0 Å². The van der Waals surface area contributed by atoms with E-state index in [1.54, 1.807) is 49.4 Å². The molecule has 1 aromatic carbocycles. The predicted octanol–water partition coefficient (Wildman–Crippen LogP) is 2.72. The number of rotatable bonds is 3. The molecule has 0 aliphatic carbocycles. The van der Waals surface area contributed by atoms with Crippen LogP contribution in [0.5, 0.6) is 0 Å². The zero-order valence-electron chi connectivity index (χ0n) is 11.7. The van der Waals surface area contributed by atoms with E-state index in [0.717, 1.165) is 0 Å². The van der Waals surface area contributed by atoms with E-state index in [9.17, 15) is 14.7 Å². The Balaban J connectivity index is 1.84. The van der Waals surface area contributed by atoms with Gasteiger partial charge in [-0.3, -0.25) is 14.9 Å². The third kappa shape index (κ3) is 2.27. The Morgan fingerprint density at radius 3 is 2.59 bits per heavy atom. The first-order chi connectivity index (χ1) is 10.5. The quantitative estimate of drug-likeness (QED) is 0.913. The van der Waals surface area contributed by atoms with Crippen LogP contribution in [0.1, 0.15) is 22.2 Å². The number of ketones is 1. The lowest BCUT2D eigenvalue weighted by Gasteiger charge is -2.21. The minimum absolute atomic E-state index is 0.213. The largest absolute Gasteiger partial charge is 0.501 e. The Kier molecular flexibility index (Phi) is 3.46. The Morgan fingerprint density at radius 2 is 1.95 bits per heavy atom. The molecule has 6 heteroatoms. The maximum absolute atomic E-state index is 12.3. The van der Waals surface area contributed by atoms with E-state index in [0.29, 0.717) is 10.4 Å². The molecule has 0 radical (unpaired) electrons. The highest BCUT2D eigenvalue weighted by Gasteiger charge is 2.49. The van der Waals surface area contributed by atoms with Crippen molar-refractivity contribution in [2.75, 3.05) is 0 Å². The molecule has 0 bridgehead atoms. The van der Waals surface area contributed by atoms with Crippen LogP contribution in [0.2, 0.25) is 0 Å². The van der Waals surface area contributed by atoms with Crippen LogP contribution in [0.15, 0.2) is 59.5 Å². The number of hydrogen-bond donors (Lipinski definition) is 2. The van der Waals surface area contributed by atoms with E-state index in [1.165, 1.54) is 11.3 Å². The molecule has 0 saturated heterocycles. The Bertz CT molecular complexity index is 752. The molecule has 0 spiro atoms. The van der Waals surface area contributed by atoms with Crippen LogP contribution >= 0.6 is 11.3 Å². The van der Waals surface area contributed by atoms with Crippen LogP contribution in [-0.2, 0) is 15.1 Å². The third-order valence-corrected chi connectivity index (χ3v) is 4.50. The van der Waals surface area contributed by atoms with Crippen LogP contribution in [-0.4, -0.2) is 16.8 Å². The monoisotopic (exact) mass is 315 g/mol. The standard InChI is InChI=1S/C16H13NO4S/c1-16(11-8-5-9-22-11)13(19)12(18)15(21-16)17-14(20)10-6-3-2-4-7-10/h2-9,18H,1H3,(H,17,20). The summed E-state index contributed by atoms with van der Waals surface area (Å²) in [5.74, 6) is -1.81. The lowest BCUT2D eigenvalue weighted by molar-refractivity contribution is -0.131. The summed E-state index contributed by atoms with van der Waals surface area (Å²) in [5, 5.41) is 14.2. The number of benzene rings is 1. The van der Waals surface area contributed by atoms with Crippen molar-refractivity contribution in [2.45, 2.75) is 12.5 Å². The average Bonchev–Trinajstić information content (AvgIpc) is 3.14. The van der Waals surface area contributed by atoms with E-state index in [-0.39, 0.29) is 5.88 Å². The second-order valence-electron chi connectivity index (χ2n) is 4.94. The number of ether oxygens (including phenoxy) is 1. The molecule has 1 unspecified atom stereocenters. The van der Waals surface area contributed by atoms with E-state index in [1.807, 2.05) is 5.38 Å². The van der Waals surface area contributed by atoms with Gasteiger partial charge in [0.2, 0.25) is 17.2 Å². The zero-order chi connectivity index (χ0) is 15.7. The van der Waals surface area contributed by atoms with Gasteiger partial charge in [0.15, 0.2) is 0 Å². The molecule has 5 nitrogen and oxygen atoms in total. The SMILES string of the molecule is CC1(c2cccs2)OC(NC(=O)c2ccccc2)=C(O)C1=O. The number of aliphatic hydroxyl groups is 1. The Hall–Kier alpha value is -2.60. The van der Waals surface area contributed by atoms with Gasteiger partial charge < -0.3 is 9.84 Å². The topological polar surface area (TPSA) is 75.6 Å². The fourth-order valence-corrected chi connectivity index (χ4v) is 3.01. The van der Waals surface area contributed by atoms with Gasteiger partial charge in [-0.2, -0.15) is 0 Å². The van der Waals surface area contributed by atoms with Crippen molar-refractivity contribution < 1.29 is 19.4 Å². The molecule has 1 atom stereocenters. The summed E-state index contributed by atoms with van der Waals surface area (Å²) in [4.78, 5) is 25.0. The van der Waals surface area contributed by atoms with Crippen LogP contribution < -0.4 is 5.32 Å². The molecule has 2 heterocycles. The van der Waals surface area contributed by atoms with Gasteiger partial charge in [0.05, 0.1) is 4.88 Å². The molecule has 1 aliphatic rings. The molecular weight excluding hydrogens is 302 g/mol. The number of amides is 1. The smallest absolute Gasteiger partial charge is 0.258 e. The van der Waals surface area contributed by atoms with E-state index in [2.05, 4.69) is 5.32 Å². The van der Waals surface area contributed by atoms with Gasteiger partial charge in [0.25, 0.3) is 11.7 Å². The minimum Gasteiger partial charge on any atom is -0.501 e. The lowest BCUT2D eigenvalue weighted by atomic mass is 9.99. The number of carbonyl (C=O) groups excluding carboxylic acids is 2. The maximum Gasteiger partial charge on any atom is 0.258 e. The highest BCUT2D eigenvalue weighted by Crippen LogP contribution is 2.39. The fourth-order valence-electron chi connectivity index (χ4n) is 2.19. The fraction of sp³-hybridized carbons (Fsp3) is 0.125. The van der Waals surface area contributed by atoms with Gasteiger partial charge in [-0.25, -0.2) is 0 Å². The summed E-state index contributed by atoms with van der Waals surface area (Å²) in [6, 6.07) is 12.0. The number of aliphatic hydroxyl groups excluding tert-OH is 1. The number of carbonyl (C=O) groups is 2. The van der Waals surface area contributed by atoms with Crippen LogP contribution in [0.4, 0.5) is 0 Å². The molecule has 0 fully saturated rings. The third-order valence-electron chi connectivity index (χ3n) is 3.42. The maximum atomic E-state index is 12.3. The number of Topliss-reactive ketones (excluding diaryl/α,β-unsaturated/α-hetero) is 1. The molecule has 22 heavy (non-hydrogen) atoms. The number of thiophene rings is 1. The number of hydrogen-bond acceptors (Lipinski definition) is 5. The van der Waals surface area contributed by atoms with Gasteiger partial charge in [-0.05, 0) is 30.5 Å². The summed E-state index contributed by atoms with van der Waals surface area (Å²) < 4.78 is 5.57. The van der Waals surface area contributed by atoms with Crippen molar-refractivity contribution in [3.63, 3.8) is 0 Å². The Morgan fingerprint density at radius 1 is 1.23 bits per heavy atom. The van der Waals surface area contributed by atoms with Crippen molar-refractivity contribution in [2.24, 2.45) is 0 Å². The highest BCUT2D eigenvalue weighted by atomic mass is 32.1. The summed E-state index contributed by atoms with van der Waals surface area (Å²) in [6.45, 7) is 1.57. The molecule has 2 N–H and O–H groups in total. The molecule has 3 rings (SSSR count). The Labute approximate surface area is 130 Å². The van der Waals surface area contributed by atoms with Crippen molar-refractivity contribution in [1.82, 2.24) is 5.32 Å². The summed E-state index contributed by atoms with van der Waals surface area (Å²) >= 11 is 1.35. The first kappa shape index (κ1) is 14.3. The van der Waals surface area contributed by atoms with Gasteiger partial charge in [-0.1, -0.05) is 24.3 Å². The van der Waals surface area contributed by atoms with E-state index < -0.39 is 23.1 Å². The molecule has 112 valence electrons. The average molecular weight is 315 g/mol. The van der Waals surface area contributed by atoms with Gasteiger partial charge in [-0.15, -0.1) is 11.3 Å². The number of nitrogens with one attached hydrogen (secondary N) is 1. The molecular formula is C16H13NO4S. The second kappa shape index (κ2) is 5.31. The summed E-state index contributed by atoms with van der Waals surface area (Å²) in [5.41, 5.74) is -0.902. The van der Waals surface area contributed by atoms with Crippen molar-refractivity contribution in [3.05, 3.63) is 69.9 Å². The molecule has 2 aromatic rings.